The summed E-state index contributed by atoms with van der Waals surface area (Å²) < 4.78 is 0. The summed E-state index contributed by atoms with van der Waals surface area (Å²) in [7, 11) is 2.17. The molecule has 0 radical (unpaired) electrons. The molecular weight excluding hydrogens is 208 g/mol. The summed E-state index contributed by atoms with van der Waals surface area (Å²) in [4.78, 5) is 2.35. The van der Waals surface area contributed by atoms with Gasteiger partial charge >= 0.3 is 0 Å². The average Bonchev–Trinajstić information content (AvgIpc) is 2.35. The molecule has 0 aliphatic heterocycles. The van der Waals surface area contributed by atoms with E-state index in [9.17, 15) is 0 Å². The average molecular weight is 234 g/mol. The standard InChI is InChI=1S/C15H26N2/c1-6-16-11-14-7-9-15(10-8-14)17(5)13(4)12(2)3/h7-10,12-13,16H,6,11H2,1-5H3. The third kappa shape index (κ3) is 4.04. The second-order valence-corrected chi connectivity index (χ2v) is 5.04. The Bertz CT molecular complexity index is 316. The number of benzene rings is 1. The Labute approximate surface area is 106 Å². The van der Waals surface area contributed by atoms with Crippen LogP contribution in [-0.2, 0) is 6.54 Å². The quantitative estimate of drug-likeness (QED) is 0.812. The summed E-state index contributed by atoms with van der Waals surface area (Å²) in [6.07, 6.45) is 0. The topological polar surface area (TPSA) is 15.3 Å². The van der Waals surface area contributed by atoms with Crippen molar-refractivity contribution in [3.63, 3.8) is 0 Å². The number of nitrogens with zero attached hydrogens (tertiary/aromatic N) is 1. The number of anilines is 1. The molecule has 17 heavy (non-hydrogen) atoms. The molecule has 1 atom stereocenters. The summed E-state index contributed by atoms with van der Waals surface area (Å²) >= 11 is 0. The molecule has 0 aliphatic rings. The van der Waals surface area contributed by atoms with E-state index in [-0.39, 0.29) is 0 Å². The first-order valence-electron chi connectivity index (χ1n) is 6.58. The van der Waals surface area contributed by atoms with Gasteiger partial charge in [-0.05, 0) is 37.1 Å². The maximum Gasteiger partial charge on any atom is 0.0366 e. The molecule has 1 unspecified atom stereocenters. The van der Waals surface area contributed by atoms with Crippen molar-refractivity contribution in [2.75, 3.05) is 18.5 Å². The van der Waals surface area contributed by atoms with Crippen LogP contribution in [0.5, 0.6) is 0 Å². The van der Waals surface area contributed by atoms with E-state index >= 15 is 0 Å². The van der Waals surface area contributed by atoms with Crippen LogP contribution in [0.15, 0.2) is 24.3 Å². The summed E-state index contributed by atoms with van der Waals surface area (Å²) in [6, 6.07) is 9.41. The number of rotatable bonds is 6. The first-order valence-corrected chi connectivity index (χ1v) is 6.58. The van der Waals surface area contributed by atoms with E-state index in [1.165, 1.54) is 11.3 Å². The lowest BCUT2D eigenvalue weighted by atomic mass is 10.0. The summed E-state index contributed by atoms with van der Waals surface area (Å²) in [6.45, 7) is 10.9. The number of hydrogen-bond acceptors (Lipinski definition) is 2. The molecule has 0 heterocycles. The Kier molecular flexibility index (Phi) is 5.49. The van der Waals surface area contributed by atoms with Gasteiger partial charge in [0.2, 0.25) is 0 Å². The molecule has 2 heteroatoms. The highest BCUT2D eigenvalue weighted by Gasteiger charge is 2.13. The lowest BCUT2D eigenvalue weighted by molar-refractivity contribution is 0.505. The fraction of sp³-hybridized carbons (Fsp3) is 0.600. The lowest BCUT2D eigenvalue weighted by Crippen LogP contribution is -2.33. The van der Waals surface area contributed by atoms with Gasteiger partial charge < -0.3 is 10.2 Å². The molecule has 0 aromatic heterocycles. The molecule has 0 spiro atoms. The molecule has 0 fully saturated rings. The number of hydrogen-bond donors (Lipinski definition) is 1. The maximum atomic E-state index is 3.34. The van der Waals surface area contributed by atoms with Gasteiger partial charge in [-0.2, -0.15) is 0 Å². The third-order valence-corrected chi connectivity index (χ3v) is 3.50. The predicted molar refractivity (Wildman–Crippen MR) is 76.5 cm³/mol. The van der Waals surface area contributed by atoms with Crippen LogP contribution >= 0.6 is 0 Å². The minimum absolute atomic E-state index is 0.564. The molecule has 2 nitrogen and oxygen atoms in total. The van der Waals surface area contributed by atoms with Crippen molar-refractivity contribution in [2.24, 2.45) is 5.92 Å². The maximum absolute atomic E-state index is 3.34. The monoisotopic (exact) mass is 234 g/mol. The van der Waals surface area contributed by atoms with Crippen LogP contribution in [-0.4, -0.2) is 19.6 Å². The van der Waals surface area contributed by atoms with E-state index in [1.54, 1.807) is 0 Å². The second-order valence-electron chi connectivity index (χ2n) is 5.04. The van der Waals surface area contributed by atoms with Crippen LogP contribution in [0.25, 0.3) is 0 Å². The van der Waals surface area contributed by atoms with Crippen LogP contribution in [0.2, 0.25) is 0 Å². The molecule has 0 saturated carbocycles. The molecule has 96 valence electrons. The van der Waals surface area contributed by atoms with E-state index < -0.39 is 0 Å². The predicted octanol–water partition coefficient (Wildman–Crippen LogP) is 3.28. The molecule has 0 saturated heterocycles. The number of nitrogens with one attached hydrogen (secondary N) is 1. The van der Waals surface area contributed by atoms with Crippen LogP contribution in [0, 0.1) is 5.92 Å². The van der Waals surface area contributed by atoms with Crippen molar-refractivity contribution in [3.05, 3.63) is 29.8 Å². The highest BCUT2D eigenvalue weighted by atomic mass is 15.1. The molecule has 0 amide bonds. The van der Waals surface area contributed by atoms with Crippen molar-refractivity contribution in [2.45, 2.75) is 40.3 Å². The molecule has 1 rings (SSSR count). The fourth-order valence-electron chi connectivity index (χ4n) is 1.80. The van der Waals surface area contributed by atoms with E-state index in [0.717, 1.165) is 13.1 Å². The first-order chi connectivity index (χ1) is 8.06. The van der Waals surface area contributed by atoms with Gasteiger partial charge in [-0.15, -0.1) is 0 Å². The Morgan fingerprint density at radius 3 is 2.18 bits per heavy atom. The van der Waals surface area contributed by atoms with E-state index in [0.29, 0.717) is 12.0 Å². The van der Waals surface area contributed by atoms with Crippen molar-refractivity contribution < 1.29 is 0 Å². The highest BCUT2D eigenvalue weighted by Crippen LogP contribution is 2.19. The van der Waals surface area contributed by atoms with Gasteiger partial charge in [0.25, 0.3) is 0 Å². The zero-order chi connectivity index (χ0) is 12.8. The van der Waals surface area contributed by atoms with Crippen LogP contribution in [0.3, 0.4) is 0 Å². The van der Waals surface area contributed by atoms with E-state index in [2.05, 4.69) is 69.2 Å². The summed E-state index contributed by atoms with van der Waals surface area (Å²) in [5.41, 5.74) is 2.65. The largest absolute Gasteiger partial charge is 0.372 e. The zero-order valence-electron chi connectivity index (χ0n) is 11.8. The van der Waals surface area contributed by atoms with Gasteiger partial charge in [0.1, 0.15) is 0 Å². The van der Waals surface area contributed by atoms with Crippen molar-refractivity contribution in [3.8, 4) is 0 Å². The Morgan fingerprint density at radius 2 is 1.71 bits per heavy atom. The Balaban J connectivity index is 2.66. The molecule has 1 aromatic rings. The summed E-state index contributed by atoms with van der Waals surface area (Å²) in [5, 5.41) is 3.34. The Hall–Kier alpha value is -1.02. The Morgan fingerprint density at radius 1 is 1.12 bits per heavy atom. The van der Waals surface area contributed by atoms with Crippen LogP contribution < -0.4 is 10.2 Å². The molecular formula is C15H26N2. The molecule has 1 N–H and O–H groups in total. The van der Waals surface area contributed by atoms with E-state index in [4.69, 9.17) is 0 Å². The van der Waals surface area contributed by atoms with Gasteiger partial charge in [-0.3, -0.25) is 0 Å². The highest BCUT2D eigenvalue weighted by molar-refractivity contribution is 5.47. The van der Waals surface area contributed by atoms with Crippen molar-refractivity contribution in [1.29, 1.82) is 0 Å². The van der Waals surface area contributed by atoms with Gasteiger partial charge in [-0.25, -0.2) is 0 Å². The second kappa shape index (κ2) is 6.65. The smallest absolute Gasteiger partial charge is 0.0366 e. The SMILES string of the molecule is CCNCc1ccc(N(C)C(C)C(C)C)cc1. The fourth-order valence-corrected chi connectivity index (χ4v) is 1.80. The van der Waals surface area contributed by atoms with Gasteiger partial charge in [0.15, 0.2) is 0 Å². The van der Waals surface area contributed by atoms with Gasteiger partial charge in [0.05, 0.1) is 0 Å². The van der Waals surface area contributed by atoms with Gasteiger partial charge in [-0.1, -0.05) is 32.9 Å². The molecule has 1 aromatic carbocycles. The molecule has 0 bridgehead atoms. The minimum Gasteiger partial charge on any atom is -0.372 e. The normalized spacial score (nSPS) is 12.8. The zero-order valence-corrected chi connectivity index (χ0v) is 11.8. The molecule has 0 aliphatic carbocycles. The lowest BCUT2D eigenvalue weighted by Gasteiger charge is -2.30. The van der Waals surface area contributed by atoms with Crippen LogP contribution in [0.1, 0.15) is 33.3 Å². The van der Waals surface area contributed by atoms with Gasteiger partial charge in [0, 0.05) is 25.3 Å². The first kappa shape index (κ1) is 14.0. The summed E-state index contributed by atoms with van der Waals surface area (Å²) in [5.74, 6) is 0.668. The van der Waals surface area contributed by atoms with E-state index in [1.807, 2.05) is 0 Å². The van der Waals surface area contributed by atoms with Crippen molar-refractivity contribution >= 4 is 5.69 Å². The van der Waals surface area contributed by atoms with Crippen molar-refractivity contribution in [1.82, 2.24) is 5.32 Å². The van der Waals surface area contributed by atoms with Crippen LogP contribution in [0.4, 0.5) is 5.69 Å². The third-order valence-electron chi connectivity index (χ3n) is 3.50. The minimum atomic E-state index is 0.564.